The molecule has 10 aromatic carbocycles. The van der Waals surface area contributed by atoms with Gasteiger partial charge in [0.25, 0.3) is 0 Å². The highest BCUT2D eigenvalue weighted by atomic mass is 14.4. The third kappa shape index (κ3) is 5.04. The summed E-state index contributed by atoms with van der Waals surface area (Å²) in [6, 6.07) is 73.1. The fraction of sp³-hybridized carbons (Fsp3) is 0.100. The molecule has 0 bridgehead atoms. The average Bonchev–Trinajstić information content (AvgIpc) is 3.67. The van der Waals surface area contributed by atoms with Crippen LogP contribution in [-0.4, -0.2) is 0 Å². The second-order valence-corrected chi connectivity index (χ2v) is 18.1. The van der Waals surface area contributed by atoms with Gasteiger partial charge in [0.2, 0.25) is 0 Å². The molecule has 0 aliphatic heterocycles. The van der Waals surface area contributed by atoms with Crippen LogP contribution in [0.2, 0.25) is 0 Å². The van der Waals surface area contributed by atoms with Crippen molar-refractivity contribution in [3.8, 4) is 66.8 Å². The first kappa shape index (κ1) is 35.0. The Kier molecular flexibility index (Phi) is 7.42. The van der Waals surface area contributed by atoms with Gasteiger partial charge in [0.05, 0.1) is 0 Å². The second-order valence-electron chi connectivity index (χ2n) is 18.1. The fourth-order valence-corrected chi connectivity index (χ4v) is 10.9. The number of rotatable bonds is 4. The summed E-state index contributed by atoms with van der Waals surface area (Å²) in [4.78, 5) is 0. The van der Waals surface area contributed by atoms with Crippen LogP contribution in [0.4, 0.5) is 0 Å². The van der Waals surface area contributed by atoms with Gasteiger partial charge in [-0.2, -0.15) is 0 Å². The molecule has 284 valence electrons. The van der Waals surface area contributed by atoms with Gasteiger partial charge in [0.1, 0.15) is 0 Å². The molecule has 2 aliphatic carbocycles. The summed E-state index contributed by atoms with van der Waals surface area (Å²) in [6.07, 6.45) is 0. The highest BCUT2D eigenvalue weighted by Gasteiger charge is 2.36. The van der Waals surface area contributed by atoms with Gasteiger partial charge in [-0.3, -0.25) is 0 Å². The lowest BCUT2D eigenvalue weighted by atomic mass is 9.81. The first-order chi connectivity index (χ1) is 29.3. The summed E-state index contributed by atoms with van der Waals surface area (Å²) in [5, 5.41) is 7.69. The maximum Gasteiger partial charge on any atom is 0.0159 e. The molecule has 12 rings (SSSR count). The topological polar surface area (TPSA) is 0 Å². The highest BCUT2D eigenvalue weighted by molar-refractivity contribution is 6.25. The maximum absolute atomic E-state index is 2.43. The third-order valence-corrected chi connectivity index (χ3v) is 14.1. The lowest BCUT2D eigenvalue weighted by Crippen LogP contribution is -2.14. The zero-order valence-electron chi connectivity index (χ0n) is 34.5. The van der Waals surface area contributed by atoms with Crippen molar-refractivity contribution in [2.75, 3.05) is 0 Å². The summed E-state index contributed by atoms with van der Waals surface area (Å²) in [7, 11) is 0. The molecule has 0 nitrogen and oxygen atoms in total. The molecule has 2 aliphatic rings. The summed E-state index contributed by atoms with van der Waals surface area (Å²) in [5.41, 5.74) is 21.0. The van der Waals surface area contributed by atoms with Gasteiger partial charge in [-0.25, -0.2) is 0 Å². The molecule has 0 saturated carbocycles. The molecular formula is C60H44. The lowest BCUT2D eigenvalue weighted by molar-refractivity contribution is 0.660. The van der Waals surface area contributed by atoms with Crippen molar-refractivity contribution in [2.45, 2.75) is 38.5 Å². The molecule has 0 heteroatoms. The van der Waals surface area contributed by atoms with E-state index in [1.807, 2.05) is 0 Å². The average molecular weight is 765 g/mol. The van der Waals surface area contributed by atoms with E-state index in [9.17, 15) is 0 Å². The number of hydrogen-bond donors (Lipinski definition) is 0. The van der Waals surface area contributed by atoms with Crippen LogP contribution in [0.3, 0.4) is 0 Å². The van der Waals surface area contributed by atoms with Crippen LogP contribution in [-0.2, 0) is 10.8 Å². The van der Waals surface area contributed by atoms with E-state index in [4.69, 9.17) is 0 Å². The van der Waals surface area contributed by atoms with E-state index in [1.165, 1.54) is 121 Å². The molecule has 0 amide bonds. The predicted octanol–water partition coefficient (Wildman–Crippen LogP) is 16.4. The molecule has 60 heavy (non-hydrogen) atoms. The van der Waals surface area contributed by atoms with Gasteiger partial charge < -0.3 is 0 Å². The van der Waals surface area contributed by atoms with E-state index >= 15 is 0 Å². The van der Waals surface area contributed by atoms with Crippen molar-refractivity contribution in [1.82, 2.24) is 0 Å². The van der Waals surface area contributed by atoms with Crippen LogP contribution in [0.5, 0.6) is 0 Å². The quantitative estimate of drug-likeness (QED) is 0.157. The van der Waals surface area contributed by atoms with Gasteiger partial charge in [0, 0.05) is 10.8 Å². The monoisotopic (exact) mass is 764 g/mol. The smallest absolute Gasteiger partial charge is 0.0159 e. The molecule has 0 aromatic heterocycles. The second kappa shape index (κ2) is 12.7. The van der Waals surface area contributed by atoms with E-state index in [-0.39, 0.29) is 10.8 Å². The Bertz CT molecular complexity index is 3170. The van der Waals surface area contributed by atoms with Crippen molar-refractivity contribution >= 4 is 32.3 Å². The Morgan fingerprint density at radius 1 is 0.250 bits per heavy atom. The SMILES string of the molecule is CC1(C)c2ccccc2-c2ccc(-c3ccc(-c4cc5cc(-c6ccc(-c7ccc8c(c7)C(C)(C)c7ccccc7-8)cc6)c6ccccc6c5c5ccccc45)cc3)cc21. The molecule has 0 unspecified atom stereocenters. The van der Waals surface area contributed by atoms with Gasteiger partial charge in [-0.05, 0) is 146 Å². The Morgan fingerprint density at radius 2 is 0.583 bits per heavy atom. The van der Waals surface area contributed by atoms with E-state index in [0.717, 1.165) is 0 Å². The molecular weight excluding hydrogens is 721 g/mol. The van der Waals surface area contributed by atoms with Gasteiger partial charge in [0.15, 0.2) is 0 Å². The maximum atomic E-state index is 2.43. The molecule has 0 radical (unpaired) electrons. The van der Waals surface area contributed by atoms with Crippen LogP contribution in [0, 0.1) is 0 Å². The van der Waals surface area contributed by atoms with Crippen LogP contribution in [0.15, 0.2) is 194 Å². The van der Waals surface area contributed by atoms with E-state index in [0.29, 0.717) is 0 Å². The van der Waals surface area contributed by atoms with Crippen molar-refractivity contribution in [1.29, 1.82) is 0 Å². The Morgan fingerprint density at radius 3 is 1.02 bits per heavy atom. The van der Waals surface area contributed by atoms with Crippen LogP contribution in [0.25, 0.3) is 99.1 Å². The zero-order chi connectivity index (χ0) is 40.3. The van der Waals surface area contributed by atoms with Crippen LogP contribution < -0.4 is 0 Å². The minimum Gasteiger partial charge on any atom is -0.0619 e. The first-order valence-corrected chi connectivity index (χ1v) is 21.3. The van der Waals surface area contributed by atoms with Gasteiger partial charge in [-0.1, -0.05) is 198 Å². The minimum absolute atomic E-state index is 0.0237. The minimum atomic E-state index is -0.0237. The molecule has 10 aromatic rings. The summed E-state index contributed by atoms with van der Waals surface area (Å²) in [5.74, 6) is 0. The zero-order valence-corrected chi connectivity index (χ0v) is 34.5. The lowest BCUT2D eigenvalue weighted by Gasteiger charge is -2.22. The Balaban J connectivity index is 0.939. The molecule has 0 saturated heterocycles. The standard InChI is InChI=1S/C60H44/c1-59(2)54-19-11-9-15-46(54)48-31-29-41(35-56(48)59)37-21-25-39(26-22-37)52-33-43-34-53(45-14-6-8-18-51(45)58(43)50-17-7-5-13-44(50)52)40-27-23-38(24-28-40)42-30-32-49-47-16-10-12-20-55(47)60(3,4)57(49)36-42/h5-36H,1-4H3. The highest BCUT2D eigenvalue weighted by Crippen LogP contribution is 2.51. The summed E-state index contributed by atoms with van der Waals surface area (Å²) >= 11 is 0. The molecule has 0 N–H and O–H groups in total. The van der Waals surface area contributed by atoms with Crippen molar-refractivity contribution in [2.24, 2.45) is 0 Å². The van der Waals surface area contributed by atoms with Gasteiger partial charge in [-0.15, -0.1) is 0 Å². The van der Waals surface area contributed by atoms with Crippen molar-refractivity contribution in [3.05, 3.63) is 216 Å². The van der Waals surface area contributed by atoms with E-state index < -0.39 is 0 Å². The number of hydrogen-bond acceptors (Lipinski definition) is 0. The van der Waals surface area contributed by atoms with Gasteiger partial charge >= 0.3 is 0 Å². The Hall–Kier alpha value is -7.02. The predicted molar refractivity (Wildman–Crippen MR) is 256 cm³/mol. The normalized spacial score (nSPS) is 14.3. The largest absolute Gasteiger partial charge is 0.0619 e. The number of fused-ring (bicyclic) bond motifs is 11. The van der Waals surface area contributed by atoms with E-state index in [2.05, 4.69) is 222 Å². The summed E-state index contributed by atoms with van der Waals surface area (Å²) < 4.78 is 0. The molecule has 0 fully saturated rings. The fourth-order valence-electron chi connectivity index (χ4n) is 10.9. The van der Waals surface area contributed by atoms with Crippen molar-refractivity contribution < 1.29 is 0 Å². The summed E-state index contributed by atoms with van der Waals surface area (Å²) in [6.45, 7) is 9.42. The Labute approximate surface area is 352 Å². The van der Waals surface area contributed by atoms with Crippen LogP contribution in [0.1, 0.15) is 49.9 Å². The van der Waals surface area contributed by atoms with Crippen LogP contribution >= 0.6 is 0 Å². The molecule has 0 atom stereocenters. The van der Waals surface area contributed by atoms with Crippen molar-refractivity contribution in [3.63, 3.8) is 0 Å². The molecule has 0 heterocycles. The third-order valence-electron chi connectivity index (χ3n) is 14.1. The molecule has 0 spiro atoms. The van der Waals surface area contributed by atoms with E-state index in [1.54, 1.807) is 0 Å². The number of benzene rings is 10. The first-order valence-electron chi connectivity index (χ1n) is 21.3.